The van der Waals surface area contributed by atoms with E-state index in [1.165, 1.54) is 6.07 Å². The molecule has 0 aromatic heterocycles. The molecular formula is C6H5ClF2N2. The lowest BCUT2D eigenvalue weighted by atomic mass is 10.3. The van der Waals surface area contributed by atoms with Crippen molar-refractivity contribution in [3.63, 3.8) is 0 Å². The molecule has 2 nitrogen and oxygen atoms in total. The zero-order valence-corrected chi connectivity index (χ0v) is 6.12. The Balaban J connectivity index is 2.86. The first kappa shape index (κ1) is 8.23. The first-order valence-electron chi connectivity index (χ1n) is 2.80. The van der Waals surface area contributed by atoms with E-state index >= 15 is 0 Å². The molecule has 0 fully saturated rings. The van der Waals surface area contributed by atoms with E-state index in [2.05, 4.69) is 10.4 Å². The molecule has 0 spiro atoms. The van der Waals surface area contributed by atoms with Gasteiger partial charge in [-0.1, -0.05) is 0 Å². The Morgan fingerprint density at radius 2 is 1.91 bits per heavy atom. The van der Waals surface area contributed by atoms with Gasteiger partial charge in [0.25, 0.3) is 0 Å². The maximum Gasteiger partial charge on any atom is 0.160 e. The summed E-state index contributed by atoms with van der Waals surface area (Å²) >= 11 is 5.05. The summed E-state index contributed by atoms with van der Waals surface area (Å²) in [4.78, 5) is 2.06. The molecule has 0 bridgehead atoms. The first-order valence-corrected chi connectivity index (χ1v) is 3.18. The Labute approximate surface area is 67.2 Å². The number of hydrogen-bond donors (Lipinski definition) is 2. The maximum atomic E-state index is 12.4. The molecule has 1 aromatic carbocycles. The maximum absolute atomic E-state index is 12.4. The lowest BCUT2D eigenvalue weighted by Gasteiger charge is -2.01. The van der Waals surface area contributed by atoms with Gasteiger partial charge in [-0.2, -0.15) is 0 Å². The molecule has 0 unspecified atom stereocenters. The normalized spacial score (nSPS) is 9.73. The summed E-state index contributed by atoms with van der Waals surface area (Å²) in [5.41, 5.74) is 2.74. The van der Waals surface area contributed by atoms with Crippen LogP contribution >= 0.6 is 11.8 Å². The van der Waals surface area contributed by atoms with Gasteiger partial charge in [0, 0.05) is 6.07 Å². The molecule has 0 saturated carbocycles. The van der Waals surface area contributed by atoms with E-state index in [1.807, 2.05) is 0 Å². The van der Waals surface area contributed by atoms with Gasteiger partial charge >= 0.3 is 0 Å². The van der Waals surface area contributed by atoms with Gasteiger partial charge < -0.3 is 5.43 Å². The molecule has 0 heterocycles. The van der Waals surface area contributed by atoms with E-state index in [0.717, 1.165) is 12.1 Å². The van der Waals surface area contributed by atoms with E-state index in [4.69, 9.17) is 11.8 Å². The van der Waals surface area contributed by atoms with Gasteiger partial charge in [-0.15, -0.1) is 4.94 Å². The number of hydrazine groups is 1. The lowest BCUT2D eigenvalue weighted by Crippen LogP contribution is -2.08. The van der Waals surface area contributed by atoms with E-state index in [0.29, 0.717) is 5.69 Å². The van der Waals surface area contributed by atoms with Crippen molar-refractivity contribution in [2.75, 3.05) is 5.43 Å². The zero-order chi connectivity index (χ0) is 8.27. The average Bonchev–Trinajstić information content (AvgIpc) is 1.98. The number of halogens is 3. The van der Waals surface area contributed by atoms with Gasteiger partial charge in [0.1, 0.15) is 0 Å². The molecule has 2 N–H and O–H groups in total. The van der Waals surface area contributed by atoms with E-state index < -0.39 is 11.6 Å². The van der Waals surface area contributed by atoms with Crippen LogP contribution in [0.2, 0.25) is 0 Å². The summed E-state index contributed by atoms with van der Waals surface area (Å²) in [5.74, 6) is -1.80. The lowest BCUT2D eigenvalue weighted by molar-refractivity contribution is 0.509. The Morgan fingerprint density at radius 3 is 2.45 bits per heavy atom. The van der Waals surface area contributed by atoms with Crippen LogP contribution in [-0.2, 0) is 0 Å². The number of anilines is 1. The second-order valence-electron chi connectivity index (χ2n) is 1.85. The van der Waals surface area contributed by atoms with Crippen molar-refractivity contribution >= 4 is 17.5 Å². The van der Waals surface area contributed by atoms with Crippen LogP contribution in [0.3, 0.4) is 0 Å². The minimum absolute atomic E-state index is 0.360. The number of hydrogen-bond acceptors (Lipinski definition) is 2. The Bertz CT molecular complexity index is 254. The average molecular weight is 179 g/mol. The molecule has 1 rings (SSSR count). The van der Waals surface area contributed by atoms with Crippen LogP contribution in [0.25, 0.3) is 0 Å². The summed E-state index contributed by atoms with van der Waals surface area (Å²) in [6.07, 6.45) is 0. The fraction of sp³-hybridized carbons (Fsp3) is 0. The molecule has 0 amide bonds. The second-order valence-corrected chi connectivity index (χ2v) is 2.04. The summed E-state index contributed by atoms with van der Waals surface area (Å²) in [6, 6.07) is 3.35. The number of nitrogens with one attached hydrogen (secondary N) is 2. The molecule has 0 radical (unpaired) electrons. The molecule has 60 valence electrons. The highest BCUT2D eigenvalue weighted by Crippen LogP contribution is 2.11. The van der Waals surface area contributed by atoms with Crippen LogP contribution in [0.1, 0.15) is 0 Å². The Hall–Kier alpha value is -0.870. The van der Waals surface area contributed by atoms with E-state index in [-0.39, 0.29) is 0 Å². The van der Waals surface area contributed by atoms with Gasteiger partial charge in [-0.25, -0.2) is 8.78 Å². The number of benzene rings is 1. The Kier molecular flexibility index (Phi) is 2.62. The fourth-order valence-corrected chi connectivity index (χ4v) is 0.738. The zero-order valence-electron chi connectivity index (χ0n) is 5.37. The summed E-state index contributed by atoms with van der Waals surface area (Å²) < 4.78 is 24.7. The van der Waals surface area contributed by atoms with Crippen LogP contribution in [0.15, 0.2) is 18.2 Å². The molecule has 0 aliphatic carbocycles. The van der Waals surface area contributed by atoms with Crippen molar-refractivity contribution in [3.8, 4) is 0 Å². The van der Waals surface area contributed by atoms with Crippen LogP contribution in [-0.4, -0.2) is 0 Å². The molecule has 0 saturated heterocycles. The van der Waals surface area contributed by atoms with Gasteiger partial charge in [0.05, 0.1) is 5.69 Å². The van der Waals surface area contributed by atoms with Crippen molar-refractivity contribution in [2.45, 2.75) is 0 Å². The van der Waals surface area contributed by atoms with Crippen LogP contribution in [0.4, 0.5) is 14.5 Å². The fourth-order valence-electron chi connectivity index (χ4n) is 0.628. The molecular weight excluding hydrogens is 174 g/mol. The van der Waals surface area contributed by atoms with Gasteiger partial charge in [-0.3, -0.25) is 0 Å². The molecule has 1 aromatic rings. The highest BCUT2D eigenvalue weighted by molar-refractivity contribution is 6.13. The minimum atomic E-state index is -0.915. The smallest absolute Gasteiger partial charge is 0.160 e. The van der Waals surface area contributed by atoms with Gasteiger partial charge in [0.15, 0.2) is 11.6 Å². The predicted octanol–water partition coefficient (Wildman–Crippen LogP) is 2.04. The standard InChI is InChI=1S/C6H5ClF2N2/c7-11-10-4-1-2-5(8)6(9)3-4/h1-3,10-11H. The predicted molar refractivity (Wildman–Crippen MR) is 39.0 cm³/mol. The molecule has 0 atom stereocenters. The minimum Gasteiger partial charge on any atom is -0.308 e. The van der Waals surface area contributed by atoms with Crippen LogP contribution in [0, 0.1) is 11.6 Å². The third-order valence-electron chi connectivity index (χ3n) is 1.11. The first-order chi connectivity index (χ1) is 5.24. The highest BCUT2D eigenvalue weighted by Gasteiger charge is 2.00. The molecule has 5 heteroatoms. The monoisotopic (exact) mass is 178 g/mol. The SMILES string of the molecule is Fc1ccc(NNCl)cc1F. The molecule has 0 aliphatic heterocycles. The quantitative estimate of drug-likeness (QED) is 0.535. The second kappa shape index (κ2) is 3.50. The third kappa shape index (κ3) is 2.03. The number of rotatable bonds is 2. The molecule has 11 heavy (non-hydrogen) atoms. The highest BCUT2D eigenvalue weighted by atomic mass is 35.5. The van der Waals surface area contributed by atoms with Crippen molar-refractivity contribution in [1.82, 2.24) is 4.94 Å². The van der Waals surface area contributed by atoms with Crippen LogP contribution < -0.4 is 10.4 Å². The van der Waals surface area contributed by atoms with Crippen molar-refractivity contribution in [3.05, 3.63) is 29.8 Å². The molecule has 0 aliphatic rings. The van der Waals surface area contributed by atoms with E-state index in [9.17, 15) is 8.78 Å². The van der Waals surface area contributed by atoms with E-state index in [1.54, 1.807) is 0 Å². The largest absolute Gasteiger partial charge is 0.308 e. The summed E-state index contributed by atoms with van der Waals surface area (Å²) in [5, 5.41) is 0. The topological polar surface area (TPSA) is 24.1 Å². The van der Waals surface area contributed by atoms with Gasteiger partial charge in [0.2, 0.25) is 0 Å². The van der Waals surface area contributed by atoms with Crippen LogP contribution in [0.5, 0.6) is 0 Å². The summed E-state index contributed by atoms with van der Waals surface area (Å²) in [6.45, 7) is 0. The Morgan fingerprint density at radius 1 is 1.18 bits per heavy atom. The van der Waals surface area contributed by atoms with Crippen molar-refractivity contribution in [1.29, 1.82) is 0 Å². The van der Waals surface area contributed by atoms with Crippen molar-refractivity contribution < 1.29 is 8.78 Å². The third-order valence-corrected chi connectivity index (χ3v) is 1.21. The van der Waals surface area contributed by atoms with Crippen molar-refractivity contribution in [2.24, 2.45) is 0 Å². The summed E-state index contributed by atoms with van der Waals surface area (Å²) in [7, 11) is 0. The van der Waals surface area contributed by atoms with Gasteiger partial charge in [-0.05, 0) is 23.9 Å².